The van der Waals surface area contributed by atoms with Crippen LogP contribution in [0, 0.1) is 34.5 Å². The summed E-state index contributed by atoms with van der Waals surface area (Å²) in [6.45, 7) is 22.8. The first kappa shape index (κ1) is 29.8. The summed E-state index contributed by atoms with van der Waals surface area (Å²) in [6.07, 6.45) is 15.8. The Morgan fingerprint density at radius 1 is 1.02 bits per heavy atom. The molecule has 0 aromatic rings. The monoisotopic (exact) mass is 569 g/mol. The van der Waals surface area contributed by atoms with E-state index in [4.69, 9.17) is 14.2 Å². The van der Waals surface area contributed by atoms with Gasteiger partial charge in [0.25, 0.3) is 0 Å². The number of esters is 1. The molecule has 0 spiro atoms. The van der Waals surface area contributed by atoms with E-state index >= 15 is 0 Å². The lowest BCUT2D eigenvalue weighted by Crippen LogP contribution is -2.61. The Morgan fingerprint density at radius 2 is 1.78 bits per heavy atom. The van der Waals surface area contributed by atoms with Crippen LogP contribution in [-0.2, 0) is 19.0 Å². The molecule has 0 aromatic carbocycles. The number of hydrogen-bond donors (Lipinski definition) is 0. The van der Waals surface area contributed by atoms with Crippen LogP contribution in [0.2, 0.25) is 0 Å². The molecular formula is C35H57N2O4+. The van der Waals surface area contributed by atoms with Crippen LogP contribution in [0.3, 0.4) is 0 Å². The number of ether oxygens (including phenoxy) is 3. The highest BCUT2D eigenvalue weighted by Gasteiger charge is 2.67. The minimum absolute atomic E-state index is 0.0139. The first-order valence-corrected chi connectivity index (χ1v) is 16.9. The van der Waals surface area contributed by atoms with Crippen LogP contribution in [0.1, 0.15) is 78.6 Å². The van der Waals surface area contributed by atoms with Crippen LogP contribution in [0.5, 0.6) is 0 Å². The zero-order valence-corrected chi connectivity index (χ0v) is 26.2. The van der Waals surface area contributed by atoms with Crippen molar-refractivity contribution >= 4 is 5.97 Å². The summed E-state index contributed by atoms with van der Waals surface area (Å²) in [5.74, 6) is 2.73. The SMILES string of the molecule is C=CCO[C@H]1[C@@H]([N+]2(CC=C)CCCC2)C[C@H]2[C@@H]3CC[C@H]4C[C@H](OC(C)=O)[C@@H](N5CCOCC5)C[C@]4(C)[C@H]3CC[C@@]21C. The summed E-state index contributed by atoms with van der Waals surface area (Å²) in [7, 11) is 0. The van der Waals surface area contributed by atoms with Crippen molar-refractivity contribution < 1.29 is 23.5 Å². The highest BCUT2D eigenvalue weighted by molar-refractivity contribution is 5.66. The highest BCUT2D eigenvalue weighted by Crippen LogP contribution is 2.67. The topological polar surface area (TPSA) is 48.0 Å². The van der Waals surface area contributed by atoms with Crippen LogP contribution in [0.25, 0.3) is 0 Å². The van der Waals surface area contributed by atoms with Crippen molar-refractivity contribution in [3.05, 3.63) is 25.3 Å². The molecule has 230 valence electrons. The molecule has 6 rings (SSSR count). The molecule has 6 heteroatoms. The Bertz CT molecular complexity index is 973. The van der Waals surface area contributed by atoms with E-state index in [1.54, 1.807) is 6.92 Å². The molecule has 41 heavy (non-hydrogen) atoms. The van der Waals surface area contributed by atoms with Crippen molar-refractivity contribution in [1.82, 2.24) is 4.90 Å². The zero-order chi connectivity index (χ0) is 28.8. The molecule has 0 amide bonds. The summed E-state index contributed by atoms with van der Waals surface area (Å²) in [4.78, 5) is 14.8. The van der Waals surface area contributed by atoms with Gasteiger partial charge in [0.2, 0.25) is 0 Å². The second-order valence-corrected chi connectivity index (χ2v) is 15.2. The fraction of sp³-hybridized carbons (Fsp3) is 0.857. The Kier molecular flexibility index (Phi) is 8.52. The first-order valence-electron chi connectivity index (χ1n) is 16.9. The lowest BCUT2D eigenvalue weighted by atomic mass is 9.44. The maximum Gasteiger partial charge on any atom is 0.302 e. The van der Waals surface area contributed by atoms with Crippen molar-refractivity contribution in [1.29, 1.82) is 0 Å². The number of quaternary nitrogens is 1. The van der Waals surface area contributed by atoms with E-state index in [1.807, 2.05) is 6.08 Å². The van der Waals surface area contributed by atoms with Gasteiger partial charge in [-0.05, 0) is 73.7 Å². The second-order valence-electron chi connectivity index (χ2n) is 15.2. The standard InChI is InChI=1S/C35H57N2O4/c1-6-16-37(17-8-9-18-37)31-23-29-27-11-10-26-22-32(41-25(3)38)30(36-14-20-39-21-15-36)24-35(26,5)28(27)12-13-34(29,4)33(31)40-19-7-2/h6-7,26-33H,1-2,8-24H2,3-5H3/q+1/t26-,27+,28-,29-,30-,31-,32-,33-,34-,35-/m0/s1. The van der Waals surface area contributed by atoms with Crippen molar-refractivity contribution in [2.45, 2.75) is 103 Å². The Labute approximate surface area is 249 Å². The predicted octanol–water partition coefficient (Wildman–Crippen LogP) is 5.62. The molecule has 0 N–H and O–H groups in total. The van der Waals surface area contributed by atoms with Gasteiger partial charge in [-0.1, -0.05) is 26.5 Å². The average molecular weight is 570 g/mol. The molecule has 4 aliphatic carbocycles. The molecule has 0 unspecified atom stereocenters. The van der Waals surface area contributed by atoms with E-state index in [0.29, 0.717) is 42.0 Å². The summed E-state index contributed by atoms with van der Waals surface area (Å²) < 4.78 is 19.8. The summed E-state index contributed by atoms with van der Waals surface area (Å²) in [5.41, 5.74) is 0.520. The number of nitrogens with zero attached hydrogens (tertiary/aromatic N) is 2. The first-order chi connectivity index (χ1) is 19.8. The van der Waals surface area contributed by atoms with E-state index in [1.165, 1.54) is 62.5 Å². The van der Waals surface area contributed by atoms with Gasteiger partial charge >= 0.3 is 5.97 Å². The molecule has 6 nitrogen and oxygen atoms in total. The molecular weight excluding hydrogens is 512 g/mol. The molecule has 0 bridgehead atoms. The van der Waals surface area contributed by atoms with Crippen LogP contribution >= 0.6 is 0 Å². The maximum absolute atomic E-state index is 12.2. The number of morpholine rings is 1. The number of carbonyl (C=O) groups excluding carboxylic acids is 1. The van der Waals surface area contributed by atoms with Gasteiger partial charge in [-0.2, -0.15) is 0 Å². The van der Waals surface area contributed by atoms with Gasteiger partial charge in [-0.3, -0.25) is 9.69 Å². The summed E-state index contributed by atoms with van der Waals surface area (Å²) in [5, 5.41) is 0. The molecule has 0 aromatic heterocycles. The number of rotatable bonds is 8. The summed E-state index contributed by atoms with van der Waals surface area (Å²) >= 11 is 0. The molecule has 10 atom stereocenters. The molecule has 0 radical (unpaired) electrons. The van der Waals surface area contributed by atoms with Crippen LogP contribution < -0.4 is 0 Å². The quantitative estimate of drug-likeness (QED) is 0.216. The summed E-state index contributed by atoms with van der Waals surface area (Å²) in [6, 6.07) is 0.873. The van der Waals surface area contributed by atoms with Crippen molar-refractivity contribution in [2.24, 2.45) is 34.5 Å². The average Bonchev–Trinajstić information content (AvgIpc) is 3.55. The van der Waals surface area contributed by atoms with Crippen molar-refractivity contribution in [2.75, 3.05) is 52.5 Å². The van der Waals surface area contributed by atoms with Crippen LogP contribution in [-0.4, -0.2) is 92.2 Å². The Hall–Kier alpha value is -1.21. The fourth-order valence-electron chi connectivity index (χ4n) is 11.7. The Morgan fingerprint density at radius 3 is 2.46 bits per heavy atom. The minimum Gasteiger partial charge on any atom is -0.461 e. The maximum atomic E-state index is 12.2. The number of hydrogen-bond acceptors (Lipinski definition) is 5. The third-order valence-corrected chi connectivity index (χ3v) is 13.5. The molecule has 2 heterocycles. The van der Waals surface area contributed by atoms with Gasteiger partial charge in [0.15, 0.2) is 0 Å². The molecule has 6 aliphatic rings. The van der Waals surface area contributed by atoms with E-state index in [9.17, 15) is 4.79 Å². The van der Waals surface area contributed by atoms with Crippen molar-refractivity contribution in [3.8, 4) is 0 Å². The number of carbonyl (C=O) groups is 1. The van der Waals surface area contributed by atoms with E-state index in [2.05, 4.69) is 38.0 Å². The molecule has 6 fully saturated rings. The molecule has 2 aliphatic heterocycles. The Balaban J connectivity index is 1.29. The zero-order valence-electron chi connectivity index (χ0n) is 26.2. The predicted molar refractivity (Wildman–Crippen MR) is 162 cm³/mol. The normalized spacial score (nSPS) is 45.7. The van der Waals surface area contributed by atoms with Crippen LogP contribution in [0.15, 0.2) is 25.3 Å². The van der Waals surface area contributed by atoms with Gasteiger partial charge in [0, 0.05) is 50.7 Å². The van der Waals surface area contributed by atoms with Gasteiger partial charge in [-0.25, -0.2) is 0 Å². The van der Waals surface area contributed by atoms with E-state index < -0.39 is 0 Å². The van der Waals surface area contributed by atoms with Crippen LogP contribution in [0.4, 0.5) is 0 Å². The minimum atomic E-state index is -0.125. The van der Waals surface area contributed by atoms with Gasteiger partial charge in [0.05, 0.1) is 39.5 Å². The molecule has 4 saturated carbocycles. The van der Waals surface area contributed by atoms with Gasteiger partial charge in [-0.15, -0.1) is 6.58 Å². The third kappa shape index (κ3) is 5.07. The lowest BCUT2D eigenvalue weighted by molar-refractivity contribution is -0.938. The lowest BCUT2D eigenvalue weighted by Gasteiger charge is -2.62. The fourth-order valence-corrected chi connectivity index (χ4v) is 11.7. The highest BCUT2D eigenvalue weighted by atomic mass is 16.5. The smallest absolute Gasteiger partial charge is 0.302 e. The van der Waals surface area contributed by atoms with E-state index in [-0.39, 0.29) is 17.5 Å². The largest absolute Gasteiger partial charge is 0.461 e. The number of fused-ring (bicyclic) bond motifs is 5. The third-order valence-electron chi connectivity index (χ3n) is 13.5. The molecule has 2 saturated heterocycles. The van der Waals surface area contributed by atoms with Gasteiger partial charge in [0.1, 0.15) is 18.2 Å². The number of likely N-dealkylation sites (tertiary alicyclic amines) is 1. The van der Waals surface area contributed by atoms with E-state index in [0.717, 1.165) is 57.5 Å². The second kappa shape index (κ2) is 11.7. The van der Waals surface area contributed by atoms with Gasteiger partial charge < -0.3 is 18.7 Å². The van der Waals surface area contributed by atoms with Crippen molar-refractivity contribution in [3.63, 3.8) is 0 Å².